The van der Waals surface area contributed by atoms with Crippen molar-refractivity contribution >= 4 is 11.9 Å². The van der Waals surface area contributed by atoms with Crippen LogP contribution in [0.3, 0.4) is 0 Å². The van der Waals surface area contributed by atoms with Gasteiger partial charge in [0.25, 0.3) is 0 Å². The van der Waals surface area contributed by atoms with Crippen molar-refractivity contribution in [1.82, 2.24) is 0 Å². The summed E-state index contributed by atoms with van der Waals surface area (Å²) >= 11 is 0. The fraction of sp³-hybridized carbons (Fsp3) is 0.600. The molecule has 0 bridgehead atoms. The van der Waals surface area contributed by atoms with E-state index in [0.29, 0.717) is 12.8 Å². The van der Waals surface area contributed by atoms with Gasteiger partial charge in [-0.2, -0.15) is 0 Å². The lowest BCUT2D eigenvalue weighted by Crippen LogP contribution is -2.08. The van der Waals surface area contributed by atoms with Gasteiger partial charge in [-0.15, -0.1) is 0 Å². The molecule has 0 spiro atoms. The highest BCUT2D eigenvalue weighted by molar-refractivity contribution is 5.69. The second kappa shape index (κ2) is 7.12. The number of rotatable bonds is 5. The van der Waals surface area contributed by atoms with Crippen molar-refractivity contribution in [2.45, 2.75) is 32.8 Å². The average Bonchev–Trinajstić information content (AvgIpc) is 2.10. The summed E-state index contributed by atoms with van der Waals surface area (Å²) in [7, 11) is 1.35. The van der Waals surface area contributed by atoms with E-state index in [0.717, 1.165) is 0 Å². The Labute approximate surface area is 83.9 Å². The molecule has 1 atom stereocenters. The van der Waals surface area contributed by atoms with Crippen LogP contribution in [0.1, 0.15) is 26.7 Å². The van der Waals surface area contributed by atoms with Crippen LogP contribution in [0.4, 0.5) is 0 Å². The van der Waals surface area contributed by atoms with Crippen molar-refractivity contribution in [3.05, 3.63) is 12.2 Å². The van der Waals surface area contributed by atoms with Crippen LogP contribution >= 0.6 is 0 Å². The predicted molar refractivity (Wildman–Crippen MR) is 51.6 cm³/mol. The van der Waals surface area contributed by atoms with Gasteiger partial charge in [0.05, 0.1) is 7.11 Å². The maximum Gasteiger partial charge on any atom is 0.305 e. The maximum atomic E-state index is 10.7. The van der Waals surface area contributed by atoms with Crippen molar-refractivity contribution in [1.29, 1.82) is 0 Å². The van der Waals surface area contributed by atoms with Crippen LogP contribution in [0.2, 0.25) is 0 Å². The highest BCUT2D eigenvalue weighted by Crippen LogP contribution is 1.98. The molecule has 1 unspecified atom stereocenters. The molecule has 14 heavy (non-hydrogen) atoms. The number of ether oxygens (including phenoxy) is 2. The van der Waals surface area contributed by atoms with Crippen LogP contribution in [0.15, 0.2) is 12.2 Å². The molecule has 0 fully saturated rings. The Hall–Kier alpha value is -1.32. The topological polar surface area (TPSA) is 52.6 Å². The molecule has 0 aliphatic carbocycles. The molecule has 0 aliphatic rings. The minimum Gasteiger partial charge on any atom is -0.469 e. The van der Waals surface area contributed by atoms with Gasteiger partial charge in [0.2, 0.25) is 0 Å². The molecule has 0 aromatic rings. The van der Waals surface area contributed by atoms with Gasteiger partial charge in [-0.3, -0.25) is 9.59 Å². The lowest BCUT2D eigenvalue weighted by atomic mass is 10.2. The molecule has 0 aromatic carbocycles. The van der Waals surface area contributed by atoms with Crippen molar-refractivity contribution in [2.24, 2.45) is 0 Å². The first-order valence-electron chi connectivity index (χ1n) is 4.47. The lowest BCUT2D eigenvalue weighted by molar-refractivity contribution is -0.143. The van der Waals surface area contributed by atoms with Crippen molar-refractivity contribution in [3.63, 3.8) is 0 Å². The summed E-state index contributed by atoms with van der Waals surface area (Å²) in [6.07, 6.45) is 4.23. The standard InChI is InChI=1S/C10H16O4/c1-8(14-9(2)11)6-4-5-7-10(12)13-3/h4,6,8H,5,7H2,1-3H3/b6-4+. The number of hydrogen-bond acceptors (Lipinski definition) is 4. The Balaban J connectivity index is 3.61. The van der Waals surface area contributed by atoms with Crippen LogP contribution < -0.4 is 0 Å². The van der Waals surface area contributed by atoms with E-state index in [-0.39, 0.29) is 18.0 Å². The Morgan fingerprint density at radius 2 is 2.07 bits per heavy atom. The van der Waals surface area contributed by atoms with E-state index in [9.17, 15) is 9.59 Å². The third kappa shape index (κ3) is 7.34. The molecular formula is C10H16O4. The quantitative estimate of drug-likeness (QED) is 0.498. The van der Waals surface area contributed by atoms with Gasteiger partial charge in [0.1, 0.15) is 6.10 Å². The molecule has 0 radical (unpaired) electrons. The van der Waals surface area contributed by atoms with Crippen molar-refractivity contribution in [2.75, 3.05) is 7.11 Å². The largest absolute Gasteiger partial charge is 0.469 e. The average molecular weight is 200 g/mol. The van der Waals surface area contributed by atoms with Crippen LogP contribution in [-0.4, -0.2) is 25.2 Å². The van der Waals surface area contributed by atoms with Crippen LogP contribution in [-0.2, 0) is 19.1 Å². The van der Waals surface area contributed by atoms with Gasteiger partial charge in [0.15, 0.2) is 0 Å². The number of methoxy groups -OCH3 is 1. The smallest absolute Gasteiger partial charge is 0.305 e. The minimum absolute atomic E-state index is 0.241. The second-order valence-electron chi connectivity index (χ2n) is 2.86. The summed E-state index contributed by atoms with van der Waals surface area (Å²) in [6, 6.07) is 0. The second-order valence-corrected chi connectivity index (χ2v) is 2.86. The Morgan fingerprint density at radius 3 is 2.57 bits per heavy atom. The summed E-state index contributed by atoms with van der Waals surface area (Å²) in [6.45, 7) is 3.12. The summed E-state index contributed by atoms with van der Waals surface area (Å²) in [4.78, 5) is 21.2. The summed E-state index contributed by atoms with van der Waals surface area (Å²) < 4.78 is 9.31. The van der Waals surface area contributed by atoms with E-state index in [2.05, 4.69) is 4.74 Å². The van der Waals surface area contributed by atoms with E-state index in [1.165, 1.54) is 14.0 Å². The zero-order valence-corrected chi connectivity index (χ0v) is 8.78. The summed E-state index contributed by atoms with van der Waals surface area (Å²) in [5, 5.41) is 0. The number of carbonyl (C=O) groups is 2. The van der Waals surface area contributed by atoms with Crippen LogP contribution in [0.25, 0.3) is 0 Å². The molecule has 0 saturated carbocycles. The van der Waals surface area contributed by atoms with E-state index >= 15 is 0 Å². The first-order chi connectivity index (χ1) is 6.56. The van der Waals surface area contributed by atoms with Crippen molar-refractivity contribution < 1.29 is 19.1 Å². The molecule has 0 amide bonds. The van der Waals surface area contributed by atoms with Gasteiger partial charge >= 0.3 is 11.9 Å². The Bertz CT molecular complexity index is 220. The van der Waals surface area contributed by atoms with Gasteiger partial charge in [-0.1, -0.05) is 6.08 Å². The van der Waals surface area contributed by atoms with E-state index in [4.69, 9.17) is 4.74 Å². The first kappa shape index (κ1) is 12.7. The van der Waals surface area contributed by atoms with Gasteiger partial charge in [-0.25, -0.2) is 0 Å². The fourth-order valence-electron chi connectivity index (χ4n) is 0.892. The van der Waals surface area contributed by atoms with E-state index < -0.39 is 0 Å². The normalized spacial score (nSPS) is 12.5. The van der Waals surface area contributed by atoms with Crippen LogP contribution in [0.5, 0.6) is 0 Å². The lowest BCUT2D eigenvalue weighted by Gasteiger charge is -2.05. The Kier molecular flexibility index (Phi) is 6.45. The molecule has 0 aromatic heterocycles. The summed E-state index contributed by atoms with van der Waals surface area (Å²) in [5.41, 5.74) is 0. The molecule has 0 aliphatic heterocycles. The minimum atomic E-state index is -0.310. The predicted octanol–water partition coefficient (Wildman–Crippen LogP) is 1.45. The van der Waals surface area contributed by atoms with E-state index in [1.807, 2.05) is 0 Å². The molecule has 0 rings (SSSR count). The van der Waals surface area contributed by atoms with Crippen molar-refractivity contribution in [3.8, 4) is 0 Å². The summed E-state index contributed by atoms with van der Waals surface area (Å²) in [5.74, 6) is -0.551. The SMILES string of the molecule is COC(=O)CC/C=C/C(C)OC(C)=O. The molecule has 4 heteroatoms. The number of carbonyl (C=O) groups excluding carboxylic acids is 2. The molecule has 0 heterocycles. The van der Waals surface area contributed by atoms with E-state index in [1.54, 1.807) is 19.1 Å². The highest BCUT2D eigenvalue weighted by atomic mass is 16.5. The number of esters is 2. The van der Waals surface area contributed by atoms with Crippen LogP contribution in [0, 0.1) is 0 Å². The third-order valence-electron chi connectivity index (χ3n) is 1.50. The maximum absolute atomic E-state index is 10.7. The highest BCUT2D eigenvalue weighted by Gasteiger charge is 2.00. The zero-order valence-electron chi connectivity index (χ0n) is 8.78. The Morgan fingerprint density at radius 1 is 1.43 bits per heavy atom. The van der Waals surface area contributed by atoms with Gasteiger partial charge in [-0.05, 0) is 19.4 Å². The number of hydrogen-bond donors (Lipinski definition) is 0. The fourth-order valence-corrected chi connectivity index (χ4v) is 0.892. The molecule has 4 nitrogen and oxygen atoms in total. The number of allylic oxidation sites excluding steroid dienone is 1. The van der Waals surface area contributed by atoms with Gasteiger partial charge in [0, 0.05) is 13.3 Å². The monoisotopic (exact) mass is 200 g/mol. The molecule has 0 saturated heterocycles. The first-order valence-corrected chi connectivity index (χ1v) is 4.47. The molecular weight excluding hydrogens is 184 g/mol. The molecule has 80 valence electrons. The third-order valence-corrected chi connectivity index (χ3v) is 1.50. The zero-order chi connectivity index (χ0) is 11.0. The van der Waals surface area contributed by atoms with Gasteiger partial charge < -0.3 is 9.47 Å². The molecule has 0 N–H and O–H groups in total.